The van der Waals surface area contributed by atoms with Gasteiger partial charge in [0, 0.05) is 17.0 Å². The quantitative estimate of drug-likeness (QED) is 0.378. The molecule has 29 heavy (non-hydrogen) atoms. The molecule has 1 aromatic heterocycles. The summed E-state index contributed by atoms with van der Waals surface area (Å²) in [6.45, 7) is 4.33. The van der Waals surface area contributed by atoms with Crippen molar-refractivity contribution in [2.75, 3.05) is 5.32 Å². The molecule has 0 unspecified atom stereocenters. The third kappa shape index (κ3) is 4.44. The van der Waals surface area contributed by atoms with Gasteiger partial charge in [-0.15, -0.1) is 11.3 Å². The molecule has 144 valence electrons. The van der Waals surface area contributed by atoms with Gasteiger partial charge < -0.3 is 0 Å². The van der Waals surface area contributed by atoms with Crippen molar-refractivity contribution >= 4 is 39.2 Å². The van der Waals surface area contributed by atoms with Crippen LogP contribution in [-0.2, 0) is 4.79 Å². The van der Waals surface area contributed by atoms with Gasteiger partial charge in [-0.3, -0.25) is 10.1 Å². The molecule has 4 aromatic rings. The van der Waals surface area contributed by atoms with Gasteiger partial charge in [-0.2, -0.15) is 0 Å². The molecule has 0 radical (unpaired) electrons. The third-order valence-electron chi connectivity index (χ3n) is 4.83. The molecule has 1 heterocycles. The maximum absolute atomic E-state index is 12.3. The molecule has 4 heteroatoms. The molecule has 0 aliphatic carbocycles. The van der Waals surface area contributed by atoms with E-state index in [1.165, 1.54) is 22.3 Å². The van der Waals surface area contributed by atoms with Crippen LogP contribution < -0.4 is 5.32 Å². The Hall–Kier alpha value is -3.24. The number of hydrogen-bond acceptors (Lipinski definition) is 3. The lowest BCUT2D eigenvalue weighted by Gasteiger charge is -2.04. The summed E-state index contributed by atoms with van der Waals surface area (Å²) in [5, 5.41) is 7.77. The number of thiazole rings is 1. The van der Waals surface area contributed by atoms with Crippen LogP contribution in [0.4, 0.5) is 5.13 Å². The van der Waals surface area contributed by atoms with Crippen LogP contribution >= 0.6 is 11.3 Å². The smallest absolute Gasteiger partial charge is 0.250 e. The normalized spacial score (nSPS) is 11.4. The van der Waals surface area contributed by atoms with Crippen LogP contribution in [0.3, 0.4) is 0 Å². The minimum absolute atomic E-state index is 0.184. The number of amides is 1. The summed E-state index contributed by atoms with van der Waals surface area (Å²) >= 11 is 1.43. The molecule has 0 saturated carbocycles. The number of aromatic nitrogens is 1. The second-order valence-corrected chi connectivity index (χ2v) is 8.07. The molecule has 0 aliphatic heterocycles. The van der Waals surface area contributed by atoms with E-state index in [0.717, 1.165) is 22.2 Å². The second kappa shape index (κ2) is 8.41. The van der Waals surface area contributed by atoms with Crippen molar-refractivity contribution < 1.29 is 4.79 Å². The first kappa shape index (κ1) is 19.1. The van der Waals surface area contributed by atoms with Crippen LogP contribution in [0.1, 0.15) is 30.9 Å². The summed E-state index contributed by atoms with van der Waals surface area (Å²) in [5.41, 5.74) is 4.23. The number of nitrogens with one attached hydrogen (secondary N) is 1. The maximum Gasteiger partial charge on any atom is 0.250 e. The predicted molar refractivity (Wildman–Crippen MR) is 123 cm³/mol. The number of benzene rings is 3. The van der Waals surface area contributed by atoms with E-state index in [9.17, 15) is 4.79 Å². The zero-order valence-electron chi connectivity index (χ0n) is 16.4. The van der Waals surface area contributed by atoms with Crippen molar-refractivity contribution in [1.29, 1.82) is 0 Å². The molecular formula is C25H22N2OS. The minimum Gasteiger partial charge on any atom is -0.298 e. The Balaban J connectivity index is 1.46. The van der Waals surface area contributed by atoms with Crippen molar-refractivity contribution in [3.63, 3.8) is 0 Å². The fourth-order valence-corrected chi connectivity index (χ4v) is 3.93. The van der Waals surface area contributed by atoms with Gasteiger partial charge in [-0.1, -0.05) is 80.6 Å². The van der Waals surface area contributed by atoms with E-state index in [0.29, 0.717) is 11.0 Å². The highest BCUT2D eigenvalue weighted by Crippen LogP contribution is 2.31. The van der Waals surface area contributed by atoms with E-state index in [4.69, 9.17) is 0 Å². The highest BCUT2D eigenvalue weighted by molar-refractivity contribution is 7.14. The summed E-state index contributed by atoms with van der Waals surface area (Å²) in [7, 11) is 0. The first-order valence-electron chi connectivity index (χ1n) is 9.63. The van der Waals surface area contributed by atoms with Crippen LogP contribution in [0.5, 0.6) is 0 Å². The van der Waals surface area contributed by atoms with E-state index in [1.54, 1.807) is 6.08 Å². The van der Waals surface area contributed by atoms with E-state index in [2.05, 4.69) is 60.5 Å². The first-order chi connectivity index (χ1) is 14.1. The average molecular weight is 399 g/mol. The Morgan fingerprint density at radius 3 is 2.55 bits per heavy atom. The molecule has 0 atom stereocenters. The van der Waals surface area contributed by atoms with Crippen LogP contribution in [0.15, 0.2) is 78.2 Å². The van der Waals surface area contributed by atoms with Crippen LogP contribution in [0, 0.1) is 0 Å². The highest BCUT2D eigenvalue weighted by atomic mass is 32.1. The summed E-state index contributed by atoms with van der Waals surface area (Å²) in [5.74, 6) is 0.314. The molecule has 3 aromatic carbocycles. The molecular weight excluding hydrogens is 376 g/mol. The molecule has 0 saturated heterocycles. The average Bonchev–Trinajstić information content (AvgIpc) is 3.20. The summed E-state index contributed by atoms with van der Waals surface area (Å²) in [6.07, 6.45) is 3.36. The predicted octanol–water partition coefficient (Wildman–Crippen LogP) is 6.74. The van der Waals surface area contributed by atoms with Crippen LogP contribution in [-0.4, -0.2) is 10.9 Å². The van der Waals surface area contributed by atoms with Gasteiger partial charge in [-0.05, 0) is 33.9 Å². The number of nitrogens with zero attached hydrogens (tertiary/aromatic N) is 1. The highest BCUT2D eigenvalue weighted by Gasteiger charge is 2.09. The summed E-state index contributed by atoms with van der Waals surface area (Å²) in [6, 6.07) is 22.7. The van der Waals surface area contributed by atoms with Crippen molar-refractivity contribution in [2.24, 2.45) is 0 Å². The number of rotatable bonds is 5. The van der Waals surface area contributed by atoms with Crippen LogP contribution in [0.2, 0.25) is 0 Å². The largest absolute Gasteiger partial charge is 0.298 e. The minimum atomic E-state index is -0.184. The first-order valence-corrected chi connectivity index (χ1v) is 10.5. The van der Waals surface area contributed by atoms with Crippen molar-refractivity contribution in [1.82, 2.24) is 4.98 Å². The Kier molecular flexibility index (Phi) is 5.54. The Morgan fingerprint density at radius 1 is 1.00 bits per heavy atom. The van der Waals surface area contributed by atoms with E-state index < -0.39 is 0 Å². The molecule has 1 amide bonds. The fourth-order valence-electron chi connectivity index (χ4n) is 3.21. The number of carbonyl (C=O) groups is 1. The molecule has 4 rings (SSSR count). The zero-order valence-corrected chi connectivity index (χ0v) is 17.2. The molecule has 1 N–H and O–H groups in total. The Labute approximate surface area is 174 Å². The van der Waals surface area contributed by atoms with E-state index >= 15 is 0 Å². The van der Waals surface area contributed by atoms with Gasteiger partial charge in [0.15, 0.2) is 5.13 Å². The number of anilines is 1. The second-order valence-electron chi connectivity index (χ2n) is 7.21. The monoisotopic (exact) mass is 398 g/mol. The lowest BCUT2D eigenvalue weighted by atomic mass is 10.0. The lowest BCUT2D eigenvalue weighted by molar-refractivity contribution is -0.111. The molecule has 3 nitrogen and oxygen atoms in total. The Morgan fingerprint density at radius 2 is 1.76 bits per heavy atom. The van der Waals surface area contributed by atoms with Crippen molar-refractivity contribution in [3.05, 3.63) is 89.3 Å². The molecule has 0 spiro atoms. The van der Waals surface area contributed by atoms with Gasteiger partial charge in [-0.25, -0.2) is 4.98 Å². The van der Waals surface area contributed by atoms with E-state index in [-0.39, 0.29) is 5.91 Å². The number of hydrogen-bond donors (Lipinski definition) is 1. The van der Waals surface area contributed by atoms with Gasteiger partial charge in [0.1, 0.15) is 0 Å². The molecule has 0 fully saturated rings. The van der Waals surface area contributed by atoms with Gasteiger partial charge >= 0.3 is 0 Å². The van der Waals surface area contributed by atoms with Crippen molar-refractivity contribution in [2.45, 2.75) is 19.8 Å². The van der Waals surface area contributed by atoms with E-state index in [1.807, 2.05) is 41.8 Å². The molecule has 0 aliphatic rings. The van der Waals surface area contributed by atoms with Gasteiger partial charge in [0.25, 0.3) is 0 Å². The van der Waals surface area contributed by atoms with Crippen LogP contribution in [0.25, 0.3) is 28.1 Å². The van der Waals surface area contributed by atoms with Gasteiger partial charge in [0.2, 0.25) is 5.91 Å². The fraction of sp³-hybridized carbons (Fsp3) is 0.120. The zero-order chi connectivity index (χ0) is 20.2. The Bertz CT molecular complexity index is 1170. The SMILES string of the molecule is CC(C)c1ccc(/C=C/C(=O)Nc2nc(-c3cccc4ccccc34)cs2)cc1. The summed E-state index contributed by atoms with van der Waals surface area (Å²) in [4.78, 5) is 16.9. The number of carbonyl (C=O) groups excluding carboxylic acids is 1. The lowest BCUT2D eigenvalue weighted by Crippen LogP contribution is -2.07. The number of fused-ring (bicyclic) bond motifs is 1. The topological polar surface area (TPSA) is 42.0 Å². The van der Waals surface area contributed by atoms with Gasteiger partial charge in [0.05, 0.1) is 5.69 Å². The van der Waals surface area contributed by atoms with Crippen molar-refractivity contribution in [3.8, 4) is 11.3 Å². The molecule has 0 bridgehead atoms. The summed E-state index contributed by atoms with van der Waals surface area (Å²) < 4.78 is 0. The maximum atomic E-state index is 12.3. The standard InChI is InChI=1S/C25H22N2OS/c1-17(2)19-13-10-18(11-14-19)12-15-24(28)27-25-26-23(16-29-25)22-9-5-7-20-6-3-4-8-21(20)22/h3-17H,1-2H3,(H,26,27,28)/b15-12+. The third-order valence-corrected chi connectivity index (χ3v) is 5.59.